The number of ether oxygens (including phenoxy) is 2. The number of hydrogen-bond donors (Lipinski definition) is 1. The van der Waals surface area contributed by atoms with Gasteiger partial charge in [0.1, 0.15) is 18.1 Å². The molecule has 3 aromatic heterocycles. The van der Waals surface area contributed by atoms with Crippen molar-refractivity contribution in [3.63, 3.8) is 0 Å². The standard InChI is InChI=1S/C23H26N4O4/c1-4-29-19-9-18(10-19)26-23(28)17-7-8-21(25-12-17)30-13-20-15(3)31-27-22(20)16-6-5-14(2)24-11-16/h5-8,11-12,18-19H,4,9-10,13H2,1-3H3,(H,26,28). The van der Waals surface area contributed by atoms with Gasteiger partial charge in [0.05, 0.1) is 17.2 Å². The maximum absolute atomic E-state index is 12.4. The monoisotopic (exact) mass is 422 g/mol. The molecule has 1 amide bonds. The first kappa shape index (κ1) is 21.0. The topological polar surface area (TPSA) is 99.4 Å². The molecule has 0 spiro atoms. The third-order valence-corrected chi connectivity index (χ3v) is 5.36. The molecule has 0 radical (unpaired) electrons. The molecule has 0 aromatic carbocycles. The van der Waals surface area contributed by atoms with Gasteiger partial charge in [0, 0.05) is 42.4 Å². The van der Waals surface area contributed by atoms with Crippen molar-refractivity contribution in [2.75, 3.05) is 6.61 Å². The van der Waals surface area contributed by atoms with Crippen molar-refractivity contribution in [3.8, 4) is 17.1 Å². The summed E-state index contributed by atoms with van der Waals surface area (Å²) in [6, 6.07) is 7.44. The molecule has 4 rings (SSSR count). The van der Waals surface area contributed by atoms with Crippen molar-refractivity contribution in [2.45, 2.75) is 52.4 Å². The van der Waals surface area contributed by atoms with E-state index in [1.807, 2.05) is 32.9 Å². The zero-order valence-corrected chi connectivity index (χ0v) is 17.9. The van der Waals surface area contributed by atoms with Crippen LogP contribution in [0.1, 0.15) is 47.1 Å². The van der Waals surface area contributed by atoms with Crippen LogP contribution in [-0.4, -0.2) is 39.8 Å². The number of rotatable bonds is 8. The van der Waals surface area contributed by atoms with Gasteiger partial charge in [-0.15, -0.1) is 0 Å². The number of amides is 1. The average Bonchev–Trinajstić information content (AvgIpc) is 3.12. The second kappa shape index (κ2) is 9.26. The number of nitrogens with one attached hydrogen (secondary N) is 1. The molecule has 0 atom stereocenters. The van der Waals surface area contributed by atoms with Crippen LogP contribution in [0.2, 0.25) is 0 Å². The second-order valence-electron chi connectivity index (χ2n) is 7.65. The highest BCUT2D eigenvalue weighted by atomic mass is 16.5. The van der Waals surface area contributed by atoms with Gasteiger partial charge in [0.2, 0.25) is 5.88 Å². The van der Waals surface area contributed by atoms with Crippen molar-refractivity contribution < 1.29 is 18.8 Å². The molecule has 1 N–H and O–H groups in total. The van der Waals surface area contributed by atoms with Crippen molar-refractivity contribution >= 4 is 5.91 Å². The van der Waals surface area contributed by atoms with E-state index in [-0.39, 0.29) is 24.7 Å². The molecule has 3 aromatic rings. The maximum Gasteiger partial charge on any atom is 0.253 e. The third kappa shape index (κ3) is 4.91. The Morgan fingerprint density at radius 1 is 1.16 bits per heavy atom. The number of nitrogens with zero attached hydrogens (tertiary/aromatic N) is 3. The van der Waals surface area contributed by atoms with Crippen molar-refractivity contribution in [2.24, 2.45) is 0 Å². The number of carbonyl (C=O) groups excluding carboxylic acids is 1. The van der Waals surface area contributed by atoms with Crippen LogP contribution in [0.5, 0.6) is 5.88 Å². The summed E-state index contributed by atoms with van der Waals surface area (Å²) in [4.78, 5) is 21.0. The van der Waals surface area contributed by atoms with E-state index >= 15 is 0 Å². The highest BCUT2D eigenvalue weighted by molar-refractivity contribution is 5.94. The minimum absolute atomic E-state index is 0.136. The number of carbonyl (C=O) groups is 1. The molecule has 1 aliphatic rings. The smallest absolute Gasteiger partial charge is 0.253 e. The van der Waals surface area contributed by atoms with E-state index in [1.54, 1.807) is 18.3 Å². The van der Waals surface area contributed by atoms with Crippen molar-refractivity contribution in [1.29, 1.82) is 0 Å². The van der Waals surface area contributed by atoms with Crippen LogP contribution >= 0.6 is 0 Å². The molecule has 0 saturated heterocycles. The molecule has 162 valence electrons. The summed E-state index contributed by atoms with van der Waals surface area (Å²) in [5, 5.41) is 7.15. The normalized spacial score (nSPS) is 17.8. The van der Waals surface area contributed by atoms with Gasteiger partial charge >= 0.3 is 0 Å². The Hall–Kier alpha value is -3.26. The van der Waals surface area contributed by atoms with E-state index in [2.05, 4.69) is 20.4 Å². The zero-order chi connectivity index (χ0) is 21.8. The molecule has 1 aliphatic carbocycles. The SMILES string of the molecule is CCOC1CC(NC(=O)c2ccc(OCc3c(-c4ccc(C)nc4)noc3C)nc2)C1. The van der Waals surface area contributed by atoms with Gasteiger partial charge in [-0.05, 0) is 51.8 Å². The lowest BCUT2D eigenvalue weighted by Gasteiger charge is -2.35. The van der Waals surface area contributed by atoms with Crippen LogP contribution < -0.4 is 10.1 Å². The second-order valence-corrected chi connectivity index (χ2v) is 7.65. The van der Waals surface area contributed by atoms with Gasteiger partial charge in [-0.1, -0.05) is 5.16 Å². The van der Waals surface area contributed by atoms with Gasteiger partial charge in [0.15, 0.2) is 0 Å². The largest absolute Gasteiger partial charge is 0.473 e. The fourth-order valence-corrected chi connectivity index (χ4v) is 3.47. The lowest BCUT2D eigenvalue weighted by Crippen LogP contribution is -2.47. The van der Waals surface area contributed by atoms with E-state index in [9.17, 15) is 4.79 Å². The number of pyridine rings is 2. The maximum atomic E-state index is 12.4. The number of aromatic nitrogens is 3. The predicted octanol–water partition coefficient (Wildman–Crippen LogP) is 3.62. The lowest BCUT2D eigenvalue weighted by molar-refractivity contribution is -0.00862. The Morgan fingerprint density at radius 2 is 2.00 bits per heavy atom. The van der Waals surface area contributed by atoms with E-state index < -0.39 is 0 Å². The average molecular weight is 422 g/mol. The van der Waals surface area contributed by atoms with Crippen LogP contribution in [0.15, 0.2) is 41.2 Å². The lowest BCUT2D eigenvalue weighted by atomic mass is 9.89. The van der Waals surface area contributed by atoms with Crippen LogP contribution in [0, 0.1) is 13.8 Å². The molecule has 1 fully saturated rings. The highest BCUT2D eigenvalue weighted by Gasteiger charge is 2.30. The van der Waals surface area contributed by atoms with Gasteiger partial charge in [-0.25, -0.2) is 4.98 Å². The van der Waals surface area contributed by atoms with Gasteiger partial charge in [-0.2, -0.15) is 0 Å². The Labute approximate surface area is 181 Å². The van der Waals surface area contributed by atoms with Crippen LogP contribution in [-0.2, 0) is 11.3 Å². The number of aryl methyl sites for hydroxylation is 2. The molecule has 0 bridgehead atoms. The van der Waals surface area contributed by atoms with Gasteiger partial charge < -0.3 is 19.3 Å². The molecule has 0 unspecified atom stereocenters. The first-order valence-corrected chi connectivity index (χ1v) is 10.4. The van der Waals surface area contributed by atoms with Gasteiger partial charge in [0.25, 0.3) is 5.91 Å². The summed E-state index contributed by atoms with van der Waals surface area (Å²) >= 11 is 0. The molecule has 3 heterocycles. The molecule has 31 heavy (non-hydrogen) atoms. The third-order valence-electron chi connectivity index (χ3n) is 5.36. The summed E-state index contributed by atoms with van der Waals surface area (Å²) in [7, 11) is 0. The quantitative estimate of drug-likeness (QED) is 0.592. The fraction of sp³-hybridized carbons (Fsp3) is 0.391. The first-order valence-electron chi connectivity index (χ1n) is 10.4. The molecule has 8 heteroatoms. The van der Waals surface area contributed by atoms with E-state index in [0.717, 1.165) is 29.7 Å². The van der Waals surface area contributed by atoms with Crippen LogP contribution in [0.3, 0.4) is 0 Å². The molecule has 8 nitrogen and oxygen atoms in total. The Balaban J connectivity index is 1.34. The summed E-state index contributed by atoms with van der Waals surface area (Å²) < 4.78 is 16.7. The highest BCUT2D eigenvalue weighted by Crippen LogP contribution is 2.26. The van der Waals surface area contributed by atoms with E-state index in [1.165, 1.54) is 6.20 Å². The van der Waals surface area contributed by atoms with E-state index in [4.69, 9.17) is 14.0 Å². The van der Waals surface area contributed by atoms with Gasteiger partial charge in [-0.3, -0.25) is 9.78 Å². The first-order chi connectivity index (χ1) is 15.0. The van der Waals surface area contributed by atoms with Crippen molar-refractivity contribution in [3.05, 3.63) is 59.2 Å². The van der Waals surface area contributed by atoms with E-state index in [0.29, 0.717) is 29.5 Å². The summed E-state index contributed by atoms with van der Waals surface area (Å²) in [5.74, 6) is 0.964. The molecule has 0 aliphatic heterocycles. The summed E-state index contributed by atoms with van der Waals surface area (Å²) in [6.07, 6.45) is 5.25. The zero-order valence-electron chi connectivity index (χ0n) is 17.9. The van der Waals surface area contributed by atoms with Crippen molar-refractivity contribution in [1.82, 2.24) is 20.4 Å². The molecular weight excluding hydrogens is 396 g/mol. The summed E-state index contributed by atoms with van der Waals surface area (Å²) in [6.45, 7) is 6.70. The van der Waals surface area contributed by atoms with Crippen LogP contribution in [0.25, 0.3) is 11.3 Å². The minimum atomic E-state index is -0.136. The van der Waals surface area contributed by atoms with Crippen LogP contribution in [0.4, 0.5) is 0 Å². The predicted molar refractivity (Wildman–Crippen MR) is 114 cm³/mol. The Kier molecular flexibility index (Phi) is 6.27. The fourth-order valence-electron chi connectivity index (χ4n) is 3.47. The Bertz CT molecular complexity index is 1020. The Morgan fingerprint density at radius 3 is 2.68 bits per heavy atom. The number of hydrogen-bond acceptors (Lipinski definition) is 7. The minimum Gasteiger partial charge on any atom is -0.473 e. The molecular formula is C23H26N4O4. The molecule has 1 saturated carbocycles. The summed E-state index contributed by atoms with van der Waals surface area (Å²) in [5.41, 5.74) is 3.83.